The molecule has 1 nitrogen and oxygen atoms in total. The Morgan fingerprint density at radius 3 is 2.92 bits per heavy atom. The monoisotopic (exact) mass is 176 g/mol. The highest BCUT2D eigenvalue weighted by atomic mass is 16.5. The van der Waals surface area contributed by atoms with Crippen LogP contribution in [0.2, 0.25) is 0 Å². The van der Waals surface area contributed by atoms with Gasteiger partial charge in [-0.3, -0.25) is 0 Å². The van der Waals surface area contributed by atoms with Crippen molar-refractivity contribution in [2.75, 3.05) is 6.61 Å². The topological polar surface area (TPSA) is 9.23 Å². The third-order valence-corrected chi connectivity index (χ3v) is 3.11. The van der Waals surface area contributed by atoms with E-state index >= 15 is 0 Å². The summed E-state index contributed by atoms with van der Waals surface area (Å²) in [5.41, 5.74) is 2.89. The second kappa shape index (κ2) is 2.76. The lowest BCUT2D eigenvalue weighted by Crippen LogP contribution is -2.22. The number of fused-ring (bicyclic) bond motifs is 1. The normalized spacial score (nSPS) is 25.5. The van der Waals surface area contributed by atoms with Gasteiger partial charge >= 0.3 is 0 Å². The number of rotatable bonds is 1. The molecular formula is C12H16O. The number of aryl methyl sites for hydroxylation is 1. The highest BCUT2D eigenvalue weighted by Gasteiger charge is 2.34. The van der Waals surface area contributed by atoms with Crippen LogP contribution >= 0.6 is 0 Å². The molecule has 0 saturated carbocycles. The van der Waals surface area contributed by atoms with Crippen molar-refractivity contribution in [1.82, 2.24) is 0 Å². The van der Waals surface area contributed by atoms with E-state index in [9.17, 15) is 0 Å². The van der Waals surface area contributed by atoms with Crippen molar-refractivity contribution in [3.05, 3.63) is 29.3 Å². The Morgan fingerprint density at radius 1 is 1.46 bits per heavy atom. The minimum absolute atomic E-state index is 0.239. The maximum Gasteiger partial charge on any atom is 0.123 e. The lowest BCUT2D eigenvalue weighted by molar-refractivity contribution is 0.273. The van der Waals surface area contributed by atoms with Crippen LogP contribution in [0.5, 0.6) is 5.75 Å². The van der Waals surface area contributed by atoms with Gasteiger partial charge in [0, 0.05) is 11.0 Å². The first-order chi connectivity index (χ1) is 6.15. The van der Waals surface area contributed by atoms with E-state index in [1.807, 2.05) is 0 Å². The van der Waals surface area contributed by atoms with Crippen LogP contribution < -0.4 is 4.74 Å². The van der Waals surface area contributed by atoms with Crippen LogP contribution in [-0.4, -0.2) is 6.61 Å². The first kappa shape index (κ1) is 8.61. The predicted molar refractivity (Wildman–Crippen MR) is 54.3 cm³/mol. The Labute approximate surface area is 79.7 Å². The van der Waals surface area contributed by atoms with E-state index in [1.165, 1.54) is 11.1 Å². The van der Waals surface area contributed by atoms with Gasteiger partial charge in [0.2, 0.25) is 0 Å². The van der Waals surface area contributed by atoms with Crippen LogP contribution in [0.3, 0.4) is 0 Å². The first-order valence-corrected chi connectivity index (χ1v) is 4.90. The molecule has 1 heterocycles. The van der Waals surface area contributed by atoms with Crippen LogP contribution in [0.25, 0.3) is 0 Å². The SMILES string of the molecule is CCC1(C)COc2cc(C)ccc21. The summed E-state index contributed by atoms with van der Waals surface area (Å²) in [6.07, 6.45) is 1.14. The molecule has 1 unspecified atom stereocenters. The zero-order valence-corrected chi connectivity index (χ0v) is 8.55. The molecule has 0 aliphatic carbocycles. The maximum atomic E-state index is 5.69. The first-order valence-electron chi connectivity index (χ1n) is 4.90. The molecule has 70 valence electrons. The highest BCUT2D eigenvalue weighted by molar-refractivity contribution is 5.45. The van der Waals surface area contributed by atoms with Gasteiger partial charge in [-0.2, -0.15) is 0 Å². The molecule has 2 rings (SSSR count). The quantitative estimate of drug-likeness (QED) is 0.639. The molecule has 0 bridgehead atoms. The summed E-state index contributed by atoms with van der Waals surface area (Å²) in [7, 11) is 0. The summed E-state index contributed by atoms with van der Waals surface area (Å²) in [5, 5.41) is 0. The van der Waals surface area contributed by atoms with Crippen molar-refractivity contribution in [1.29, 1.82) is 0 Å². The number of ether oxygens (including phenoxy) is 1. The van der Waals surface area contributed by atoms with Gasteiger partial charge in [0.1, 0.15) is 5.75 Å². The fourth-order valence-electron chi connectivity index (χ4n) is 1.85. The fourth-order valence-corrected chi connectivity index (χ4v) is 1.85. The fraction of sp³-hybridized carbons (Fsp3) is 0.500. The highest BCUT2D eigenvalue weighted by Crippen LogP contribution is 2.40. The van der Waals surface area contributed by atoms with E-state index in [-0.39, 0.29) is 5.41 Å². The maximum absolute atomic E-state index is 5.69. The Balaban J connectivity index is 2.49. The molecule has 0 saturated heterocycles. The van der Waals surface area contributed by atoms with Crippen LogP contribution in [0, 0.1) is 6.92 Å². The number of hydrogen-bond acceptors (Lipinski definition) is 1. The minimum atomic E-state index is 0.239. The van der Waals surface area contributed by atoms with Crippen LogP contribution in [-0.2, 0) is 5.41 Å². The Hall–Kier alpha value is -0.980. The van der Waals surface area contributed by atoms with E-state index in [2.05, 4.69) is 39.0 Å². The smallest absolute Gasteiger partial charge is 0.123 e. The summed E-state index contributed by atoms with van der Waals surface area (Å²) in [6, 6.07) is 6.51. The molecule has 0 fully saturated rings. The largest absolute Gasteiger partial charge is 0.492 e. The molecule has 1 aliphatic rings. The van der Waals surface area contributed by atoms with Gasteiger partial charge in [0.15, 0.2) is 0 Å². The minimum Gasteiger partial charge on any atom is -0.492 e. The van der Waals surface area contributed by atoms with Gasteiger partial charge < -0.3 is 4.74 Å². The standard InChI is InChI=1S/C12H16O/c1-4-12(3)8-13-11-7-9(2)5-6-10(11)12/h5-7H,4,8H2,1-3H3. The molecule has 1 heteroatoms. The van der Waals surface area contributed by atoms with Crippen molar-refractivity contribution in [3.63, 3.8) is 0 Å². The van der Waals surface area contributed by atoms with E-state index < -0.39 is 0 Å². The van der Waals surface area contributed by atoms with Gasteiger partial charge in [-0.15, -0.1) is 0 Å². The summed E-state index contributed by atoms with van der Waals surface area (Å²) in [6.45, 7) is 7.43. The average molecular weight is 176 g/mol. The Bertz CT molecular complexity index is 330. The summed E-state index contributed by atoms with van der Waals surface area (Å²) < 4.78 is 5.69. The Morgan fingerprint density at radius 2 is 2.23 bits per heavy atom. The lowest BCUT2D eigenvalue weighted by Gasteiger charge is -2.19. The molecule has 1 aliphatic heterocycles. The van der Waals surface area contributed by atoms with E-state index in [0.717, 1.165) is 18.8 Å². The molecule has 13 heavy (non-hydrogen) atoms. The molecular weight excluding hydrogens is 160 g/mol. The molecule has 0 radical (unpaired) electrons. The van der Waals surface area contributed by atoms with Crippen LogP contribution in [0.4, 0.5) is 0 Å². The van der Waals surface area contributed by atoms with Crippen molar-refractivity contribution in [2.45, 2.75) is 32.6 Å². The van der Waals surface area contributed by atoms with Gasteiger partial charge in [-0.05, 0) is 25.0 Å². The van der Waals surface area contributed by atoms with Gasteiger partial charge in [-0.25, -0.2) is 0 Å². The summed E-state index contributed by atoms with van der Waals surface area (Å²) >= 11 is 0. The van der Waals surface area contributed by atoms with E-state index in [0.29, 0.717) is 0 Å². The molecule has 0 spiro atoms. The van der Waals surface area contributed by atoms with Gasteiger partial charge in [-0.1, -0.05) is 26.0 Å². The predicted octanol–water partition coefficient (Wildman–Crippen LogP) is 3.06. The zero-order valence-electron chi connectivity index (χ0n) is 8.55. The molecule has 1 aromatic carbocycles. The Kier molecular flexibility index (Phi) is 1.83. The zero-order chi connectivity index (χ0) is 9.47. The third-order valence-electron chi connectivity index (χ3n) is 3.11. The number of benzene rings is 1. The van der Waals surface area contributed by atoms with Crippen molar-refractivity contribution in [3.8, 4) is 5.75 Å². The molecule has 1 atom stereocenters. The summed E-state index contributed by atoms with van der Waals surface area (Å²) in [4.78, 5) is 0. The summed E-state index contributed by atoms with van der Waals surface area (Å²) in [5.74, 6) is 1.09. The second-order valence-electron chi connectivity index (χ2n) is 4.20. The molecule has 1 aromatic rings. The average Bonchev–Trinajstić information content (AvgIpc) is 2.45. The van der Waals surface area contributed by atoms with Crippen molar-refractivity contribution < 1.29 is 4.74 Å². The van der Waals surface area contributed by atoms with Crippen LogP contribution in [0.1, 0.15) is 31.4 Å². The molecule has 0 N–H and O–H groups in total. The molecule has 0 aromatic heterocycles. The van der Waals surface area contributed by atoms with E-state index in [4.69, 9.17) is 4.74 Å². The van der Waals surface area contributed by atoms with Gasteiger partial charge in [0.05, 0.1) is 6.61 Å². The lowest BCUT2D eigenvalue weighted by atomic mass is 9.82. The molecule has 0 amide bonds. The second-order valence-corrected chi connectivity index (χ2v) is 4.20. The van der Waals surface area contributed by atoms with Crippen LogP contribution in [0.15, 0.2) is 18.2 Å². The number of hydrogen-bond donors (Lipinski definition) is 0. The van der Waals surface area contributed by atoms with Gasteiger partial charge in [0.25, 0.3) is 0 Å². The third kappa shape index (κ3) is 1.23. The van der Waals surface area contributed by atoms with Crippen molar-refractivity contribution >= 4 is 0 Å². The van der Waals surface area contributed by atoms with Crippen molar-refractivity contribution in [2.24, 2.45) is 0 Å². The van der Waals surface area contributed by atoms with E-state index in [1.54, 1.807) is 0 Å².